The first-order valence-corrected chi connectivity index (χ1v) is 10.9. The Kier molecular flexibility index (Phi) is 15.6. The summed E-state index contributed by atoms with van der Waals surface area (Å²) in [6.45, 7) is -1.45. The molecule has 17 nitrogen and oxygen atoms in total. The minimum absolute atomic E-state index is 0.269. The molecule has 0 spiro atoms. The van der Waals surface area contributed by atoms with Gasteiger partial charge in [0.1, 0.15) is 25.4 Å². The first-order valence-electron chi connectivity index (χ1n) is 10.9. The molecule has 206 valence electrons. The third kappa shape index (κ3) is 15.9. The zero-order chi connectivity index (χ0) is 28.4. The van der Waals surface area contributed by atoms with Crippen LogP contribution in [0.2, 0.25) is 0 Å². The van der Waals surface area contributed by atoms with Crippen molar-refractivity contribution in [3.05, 3.63) is 0 Å². The average Bonchev–Trinajstić information content (AvgIpc) is 2.84. The lowest BCUT2D eigenvalue weighted by atomic mass is 10.3. The van der Waals surface area contributed by atoms with Gasteiger partial charge in [-0.1, -0.05) is 0 Å². The van der Waals surface area contributed by atoms with Crippen molar-refractivity contribution < 1.29 is 43.2 Å². The van der Waals surface area contributed by atoms with Crippen LogP contribution >= 0.6 is 0 Å². The van der Waals surface area contributed by atoms with Gasteiger partial charge >= 0.3 is 0 Å². The number of ketones is 1. The van der Waals surface area contributed by atoms with E-state index in [0.29, 0.717) is 0 Å². The van der Waals surface area contributed by atoms with Crippen LogP contribution in [0.1, 0.15) is 13.8 Å². The molecular weight excluding hydrogens is 496 g/mol. The van der Waals surface area contributed by atoms with Gasteiger partial charge in [-0.15, -0.1) is 0 Å². The summed E-state index contributed by atoms with van der Waals surface area (Å²) in [4.78, 5) is 107. The van der Waals surface area contributed by atoms with Crippen LogP contribution in [0.15, 0.2) is 0 Å². The van der Waals surface area contributed by atoms with Crippen LogP contribution in [-0.4, -0.2) is 123 Å². The van der Waals surface area contributed by atoms with Gasteiger partial charge in [0.2, 0.25) is 47.8 Å². The lowest BCUT2D eigenvalue weighted by Crippen LogP contribution is -2.52. The number of nitrogens with zero attached hydrogens (tertiary/aromatic N) is 2. The summed E-state index contributed by atoms with van der Waals surface area (Å²) in [5.74, 6) is -5.11. The second-order valence-corrected chi connectivity index (χ2v) is 7.44. The molecule has 0 aromatic rings. The first kappa shape index (κ1) is 32.4. The molecule has 0 bridgehead atoms. The third-order valence-corrected chi connectivity index (χ3v) is 4.26. The molecule has 0 radical (unpaired) electrons. The molecule has 0 aromatic carbocycles. The average molecular weight is 529 g/mol. The van der Waals surface area contributed by atoms with Gasteiger partial charge in [0.25, 0.3) is 0 Å². The molecule has 0 aliphatic heterocycles. The predicted octanol–water partition coefficient (Wildman–Crippen LogP) is -5.83. The molecule has 0 unspecified atom stereocenters. The highest BCUT2D eigenvalue weighted by Crippen LogP contribution is 1.92. The van der Waals surface area contributed by atoms with E-state index in [2.05, 4.69) is 31.9 Å². The minimum Gasteiger partial charge on any atom is -0.358 e. The quantitative estimate of drug-likeness (QED) is 0.0778. The van der Waals surface area contributed by atoms with E-state index in [4.69, 9.17) is 0 Å². The number of carbonyl (C=O) groups excluding carboxylic acids is 9. The number of hydrogen-bond acceptors (Lipinski definition) is 9. The standard InChI is InChI=1S/C20H32N8O9/c1-13(30)4-24-18(35)10-28(11-26-15(32)5-23-14(2)31)20(37)7-25-17(34)9-27(8-16(33)21-3)19(36)6-22-12-29/h12H,4-11H2,1-3H3,(H,21,33)(H,22,29)(H,23,31)(H,24,35)(H,25,34)(H,26,32). The van der Waals surface area contributed by atoms with Crippen molar-refractivity contribution in [1.29, 1.82) is 0 Å². The number of hydrogen-bond donors (Lipinski definition) is 6. The van der Waals surface area contributed by atoms with Crippen molar-refractivity contribution in [2.45, 2.75) is 13.8 Å². The molecule has 0 saturated carbocycles. The van der Waals surface area contributed by atoms with Gasteiger partial charge in [-0.25, -0.2) is 0 Å². The summed E-state index contributed by atoms with van der Waals surface area (Å²) < 4.78 is 0. The molecule has 0 saturated heterocycles. The van der Waals surface area contributed by atoms with Crippen LogP contribution in [0.5, 0.6) is 0 Å². The molecule has 0 atom stereocenters. The number of Topliss-reactive ketones (excluding diaryl/α,β-unsaturated/α-hetero) is 1. The summed E-state index contributed by atoms with van der Waals surface area (Å²) in [5, 5.41) is 13.5. The van der Waals surface area contributed by atoms with E-state index in [0.717, 1.165) is 9.80 Å². The van der Waals surface area contributed by atoms with Crippen molar-refractivity contribution in [3.63, 3.8) is 0 Å². The van der Waals surface area contributed by atoms with Crippen molar-refractivity contribution in [2.75, 3.05) is 59.5 Å². The monoisotopic (exact) mass is 528 g/mol. The Labute approximate surface area is 212 Å². The molecule has 8 amide bonds. The predicted molar refractivity (Wildman–Crippen MR) is 125 cm³/mol. The Balaban J connectivity index is 5.15. The smallest absolute Gasteiger partial charge is 0.243 e. The zero-order valence-electron chi connectivity index (χ0n) is 20.8. The molecule has 0 aromatic heterocycles. The highest BCUT2D eigenvalue weighted by atomic mass is 16.2. The van der Waals surface area contributed by atoms with Crippen LogP contribution in [0.4, 0.5) is 0 Å². The maximum absolute atomic E-state index is 12.6. The van der Waals surface area contributed by atoms with Crippen molar-refractivity contribution in [2.24, 2.45) is 0 Å². The van der Waals surface area contributed by atoms with Crippen LogP contribution < -0.4 is 31.9 Å². The molecule has 0 rings (SSSR count). The van der Waals surface area contributed by atoms with Gasteiger partial charge in [0.05, 0.1) is 32.8 Å². The fourth-order valence-corrected chi connectivity index (χ4v) is 2.38. The highest BCUT2D eigenvalue weighted by Gasteiger charge is 2.22. The van der Waals surface area contributed by atoms with Crippen LogP contribution in [-0.2, 0) is 43.2 Å². The summed E-state index contributed by atoms with van der Waals surface area (Å²) in [7, 11) is 1.32. The molecule has 37 heavy (non-hydrogen) atoms. The molecule has 6 N–H and O–H groups in total. The third-order valence-electron chi connectivity index (χ3n) is 4.26. The Morgan fingerprint density at radius 3 is 1.70 bits per heavy atom. The molecule has 0 aliphatic carbocycles. The van der Waals surface area contributed by atoms with E-state index in [1.807, 2.05) is 0 Å². The van der Waals surface area contributed by atoms with Gasteiger partial charge < -0.3 is 41.7 Å². The second kappa shape index (κ2) is 17.8. The Bertz CT molecular complexity index is 893. The van der Waals surface area contributed by atoms with Crippen LogP contribution in [0.3, 0.4) is 0 Å². The highest BCUT2D eigenvalue weighted by molar-refractivity contribution is 5.93. The van der Waals surface area contributed by atoms with Crippen LogP contribution in [0.25, 0.3) is 0 Å². The Morgan fingerprint density at radius 2 is 1.16 bits per heavy atom. The molecule has 0 fully saturated rings. The van der Waals surface area contributed by atoms with E-state index in [1.54, 1.807) is 0 Å². The Hall–Kier alpha value is -4.57. The maximum Gasteiger partial charge on any atom is 0.243 e. The molecule has 17 heteroatoms. The van der Waals surface area contributed by atoms with Gasteiger partial charge in [0.15, 0.2) is 0 Å². The van der Waals surface area contributed by atoms with Gasteiger partial charge in [0, 0.05) is 14.0 Å². The number of carbonyl (C=O) groups is 9. The fourth-order valence-electron chi connectivity index (χ4n) is 2.38. The van der Waals surface area contributed by atoms with Crippen LogP contribution in [0, 0.1) is 0 Å². The van der Waals surface area contributed by atoms with Crippen molar-refractivity contribution in [3.8, 4) is 0 Å². The van der Waals surface area contributed by atoms with Crippen molar-refractivity contribution in [1.82, 2.24) is 41.7 Å². The summed E-state index contributed by atoms with van der Waals surface area (Å²) in [5.41, 5.74) is 0. The topological polar surface area (TPSA) is 232 Å². The Morgan fingerprint density at radius 1 is 0.622 bits per heavy atom. The van der Waals surface area contributed by atoms with Gasteiger partial charge in [-0.2, -0.15) is 0 Å². The minimum atomic E-state index is -0.826. The van der Waals surface area contributed by atoms with E-state index in [9.17, 15) is 43.2 Å². The number of amides is 8. The first-order chi connectivity index (χ1) is 17.4. The maximum atomic E-state index is 12.6. The summed E-state index contributed by atoms with van der Waals surface area (Å²) in [6, 6.07) is 0. The molecule has 0 heterocycles. The lowest BCUT2D eigenvalue weighted by Gasteiger charge is -2.24. The molecule has 0 aliphatic rings. The molecular formula is C20H32N8O9. The fraction of sp³-hybridized carbons (Fsp3) is 0.550. The lowest BCUT2D eigenvalue weighted by molar-refractivity contribution is -0.140. The van der Waals surface area contributed by atoms with Crippen molar-refractivity contribution >= 4 is 53.5 Å². The number of rotatable bonds is 17. The summed E-state index contributed by atoms with van der Waals surface area (Å²) >= 11 is 0. The summed E-state index contributed by atoms with van der Waals surface area (Å²) in [6.07, 6.45) is 0.269. The van der Waals surface area contributed by atoms with E-state index < -0.39 is 80.7 Å². The SMILES string of the molecule is CNC(=O)CN(CC(=O)NCC(=O)N(CNC(=O)CNC(C)=O)CC(=O)NCC(C)=O)C(=O)CNC=O. The zero-order valence-corrected chi connectivity index (χ0v) is 20.8. The number of likely N-dealkylation sites (N-methyl/N-ethyl adjacent to an activating group) is 1. The largest absolute Gasteiger partial charge is 0.358 e. The number of nitrogens with one attached hydrogen (secondary N) is 6. The van der Waals surface area contributed by atoms with E-state index >= 15 is 0 Å². The van der Waals surface area contributed by atoms with Gasteiger partial charge in [-0.3, -0.25) is 43.2 Å². The second-order valence-electron chi connectivity index (χ2n) is 7.44. The normalized spacial score (nSPS) is 9.70. The van der Waals surface area contributed by atoms with E-state index in [-0.39, 0.29) is 25.3 Å². The van der Waals surface area contributed by atoms with E-state index in [1.165, 1.54) is 20.9 Å². The van der Waals surface area contributed by atoms with Gasteiger partial charge in [-0.05, 0) is 6.92 Å².